The van der Waals surface area contributed by atoms with Crippen LogP contribution in [0.25, 0.3) is 0 Å². The first-order valence-corrected chi connectivity index (χ1v) is 7.43. The molecule has 0 aliphatic rings. The lowest BCUT2D eigenvalue weighted by atomic mass is 10.3. The minimum Gasteiger partial charge on any atom is -0.493 e. The Morgan fingerprint density at radius 2 is 2.10 bits per heavy atom. The lowest BCUT2D eigenvalue weighted by Gasteiger charge is -2.11. The second-order valence-electron chi connectivity index (χ2n) is 4.18. The number of hydrogen-bond acceptors (Lipinski definition) is 7. The van der Waals surface area contributed by atoms with Crippen LogP contribution >= 0.6 is 11.5 Å². The van der Waals surface area contributed by atoms with Gasteiger partial charge in [0.25, 0.3) is 0 Å². The van der Waals surface area contributed by atoms with Crippen molar-refractivity contribution in [1.82, 2.24) is 9.36 Å². The van der Waals surface area contributed by atoms with Crippen LogP contribution in [-0.4, -0.2) is 36.8 Å². The first-order chi connectivity index (χ1) is 10.3. The Bertz CT molecular complexity index is 574. The molecule has 0 saturated heterocycles. The van der Waals surface area contributed by atoms with Crippen LogP contribution in [0.2, 0.25) is 0 Å². The van der Waals surface area contributed by atoms with Crippen molar-refractivity contribution in [1.29, 1.82) is 0 Å². The molecule has 1 aromatic heterocycles. The molecule has 0 spiro atoms. The SMILES string of the molecule is CCOc1ccc(Nc2nc(CCOC)ns2)cc1OC. The molecule has 7 heteroatoms. The van der Waals surface area contributed by atoms with Gasteiger partial charge in [0.1, 0.15) is 5.82 Å². The van der Waals surface area contributed by atoms with E-state index in [1.165, 1.54) is 11.5 Å². The number of anilines is 2. The number of hydrogen-bond donors (Lipinski definition) is 1. The van der Waals surface area contributed by atoms with E-state index < -0.39 is 0 Å². The third kappa shape index (κ3) is 4.30. The van der Waals surface area contributed by atoms with E-state index in [0.717, 1.165) is 22.4 Å². The molecule has 114 valence electrons. The van der Waals surface area contributed by atoms with E-state index in [0.29, 0.717) is 25.4 Å². The predicted octanol–water partition coefficient (Wildman–Crippen LogP) is 2.88. The Labute approximate surface area is 128 Å². The summed E-state index contributed by atoms with van der Waals surface area (Å²) in [5.74, 6) is 2.19. The maximum Gasteiger partial charge on any atom is 0.207 e. The Morgan fingerprint density at radius 3 is 2.81 bits per heavy atom. The van der Waals surface area contributed by atoms with Gasteiger partial charge in [-0.2, -0.15) is 4.37 Å². The highest BCUT2D eigenvalue weighted by molar-refractivity contribution is 7.09. The second-order valence-corrected chi connectivity index (χ2v) is 4.93. The van der Waals surface area contributed by atoms with Gasteiger partial charge >= 0.3 is 0 Å². The van der Waals surface area contributed by atoms with Crippen molar-refractivity contribution in [3.63, 3.8) is 0 Å². The Balaban J connectivity index is 2.06. The molecule has 0 atom stereocenters. The fourth-order valence-corrected chi connectivity index (χ4v) is 2.38. The van der Waals surface area contributed by atoms with E-state index >= 15 is 0 Å². The average molecular weight is 309 g/mol. The van der Waals surface area contributed by atoms with Crippen molar-refractivity contribution in [3.8, 4) is 11.5 Å². The van der Waals surface area contributed by atoms with E-state index in [1.807, 2.05) is 25.1 Å². The Kier molecular flexibility index (Phi) is 5.77. The third-order valence-corrected chi connectivity index (χ3v) is 3.38. The zero-order chi connectivity index (χ0) is 15.1. The van der Waals surface area contributed by atoms with Gasteiger partial charge in [-0.3, -0.25) is 0 Å². The van der Waals surface area contributed by atoms with E-state index in [2.05, 4.69) is 14.7 Å². The molecule has 2 rings (SSSR count). The summed E-state index contributed by atoms with van der Waals surface area (Å²) < 4.78 is 20.1. The summed E-state index contributed by atoms with van der Waals surface area (Å²) in [6.07, 6.45) is 0.710. The Morgan fingerprint density at radius 1 is 1.24 bits per heavy atom. The first-order valence-electron chi connectivity index (χ1n) is 6.66. The highest BCUT2D eigenvalue weighted by Crippen LogP contribution is 2.31. The van der Waals surface area contributed by atoms with Crippen LogP contribution < -0.4 is 14.8 Å². The van der Waals surface area contributed by atoms with Crippen LogP contribution in [0, 0.1) is 0 Å². The summed E-state index contributed by atoms with van der Waals surface area (Å²) in [5.41, 5.74) is 0.879. The molecular formula is C14H19N3O3S. The number of nitrogens with one attached hydrogen (secondary N) is 1. The summed E-state index contributed by atoms with van der Waals surface area (Å²) in [4.78, 5) is 4.40. The lowest BCUT2D eigenvalue weighted by Crippen LogP contribution is -1.98. The van der Waals surface area contributed by atoms with Crippen LogP contribution in [0.3, 0.4) is 0 Å². The summed E-state index contributed by atoms with van der Waals surface area (Å²) in [6, 6.07) is 5.67. The number of methoxy groups -OCH3 is 2. The smallest absolute Gasteiger partial charge is 0.207 e. The van der Waals surface area contributed by atoms with Gasteiger partial charge in [-0.1, -0.05) is 0 Å². The standard InChI is InChI=1S/C14H19N3O3S/c1-4-20-11-6-5-10(9-12(11)19-3)15-14-16-13(17-21-14)7-8-18-2/h5-6,9H,4,7-8H2,1-3H3,(H,15,16,17). The molecular weight excluding hydrogens is 290 g/mol. The first kappa shape index (κ1) is 15.5. The van der Waals surface area contributed by atoms with Crippen LogP contribution in [0.5, 0.6) is 11.5 Å². The van der Waals surface area contributed by atoms with Crippen molar-refractivity contribution < 1.29 is 14.2 Å². The quantitative estimate of drug-likeness (QED) is 0.809. The van der Waals surface area contributed by atoms with Gasteiger partial charge in [-0.15, -0.1) is 0 Å². The molecule has 0 amide bonds. The number of ether oxygens (including phenoxy) is 3. The molecule has 0 aliphatic heterocycles. The normalized spacial score (nSPS) is 10.4. The zero-order valence-corrected chi connectivity index (χ0v) is 13.2. The zero-order valence-electron chi connectivity index (χ0n) is 12.4. The second kappa shape index (κ2) is 7.80. The number of aromatic nitrogens is 2. The molecule has 1 heterocycles. The third-order valence-electron chi connectivity index (χ3n) is 2.71. The summed E-state index contributed by atoms with van der Waals surface area (Å²) in [7, 11) is 3.28. The molecule has 0 saturated carbocycles. The number of nitrogens with zero attached hydrogens (tertiary/aromatic N) is 2. The molecule has 0 bridgehead atoms. The van der Waals surface area contributed by atoms with Crippen molar-refractivity contribution in [2.45, 2.75) is 13.3 Å². The van der Waals surface area contributed by atoms with E-state index in [4.69, 9.17) is 14.2 Å². The molecule has 0 radical (unpaired) electrons. The number of rotatable bonds is 8. The van der Waals surface area contributed by atoms with Crippen LogP contribution in [0.1, 0.15) is 12.7 Å². The van der Waals surface area contributed by atoms with Crippen molar-refractivity contribution in [2.75, 3.05) is 32.8 Å². The van der Waals surface area contributed by atoms with Gasteiger partial charge in [-0.25, -0.2) is 4.98 Å². The van der Waals surface area contributed by atoms with E-state index in [1.54, 1.807) is 14.2 Å². The van der Waals surface area contributed by atoms with Gasteiger partial charge < -0.3 is 19.5 Å². The predicted molar refractivity (Wildman–Crippen MR) is 82.9 cm³/mol. The van der Waals surface area contributed by atoms with E-state index in [-0.39, 0.29) is 0 Å². The molecule has 0 aliphatic carbocycles. The van der Waals surface area contributed by atoms with Gasteiger partial charge in [0.05, 0.1) is 20.3 Å². The lowest BCUT2D eigenvalue weighted by molar-refractivity contribution is 0.201. The van der Waals surface area contributed by atoms with Gasteiger partial charge in [0, 0.05) is 36.8 Å². The molecule has 21 heavy (non-hydrogen) atoms. The van der Waals surface area contributed by atoms with E-state index in [9.17, 15) is 0 Å². The van der Waals surface area contributed by atoms with Crippen LogP contribution in [-0.2, 0) is 11.2 Å². The highest BCUT2D eigenvalue weighted by atomic mass is 32.1. The van der Waals surface area contributed by atoms with Gasteiger partial charge in [0.15, 0.2) is 11.5 Å². The average Bonchev–Trinajstić information content (AvgIpc) is 2.94. The maximum absolute atomic E-state index is 5.49. The summed E-state index contributed by atoms with van der Waals surface area (Å²) in [6.45, 7) is 3.16. The van der Waals surface area contributed by atoms with Crippen molar-refractivity contribution >= 4 is 22.4 Å². The molecule has 0 fully saturated rings. The maximum atomic E-state index is 5.49. The molecule has 1 aromatic carbocycles. The molecule has 0 unspecified atom stereocenters. The molecule has 1 N–H and O–H groups in total. The van der Waals surface area contributed by atoms with Crippen molar-refractivity contribution in [2.24, 2.45) is 0 Å². The van der Waals surface area contributed by atoms with Crippen LogP contribution in [0.4, 0.5) is 10.8 Å². The minimum absolute atomic E-state index is 0.600. The van der Waals surface area contributed by atoms with Gasteiger partial charge in [0.2, 0.25) is 5.13 Å². The minimum atomic E-state index is 0.600. The van der Waals surface area contributed by atoms with Gasteiger partial charge in [-0.05, 0) is 19.1 Å². The fourth-order valence-electron chi connectivity index (χ4n) is 1.74. The fraction of sp³-hybridized carbons (Fsp3) is 0.429. The molecule has 6 nitrogen and oxygen atoms in total. The largest absolute Gasteiger partial charge is 0.493 e. The van der Waals surface area contributed by atoms with Crippen LogP contribution in [0.15, 0.2) is 18.2 Å². The summed E-state index contributed by atoms with van der Waals surface area (Å²) in [5, 5.41) is 3.96. The van der Waals surface area contributed by atoms with Crippen molar-refractivity contribution in [3.05, 3.63) is 24.0 Å². The Hall–Kier alpha value is -1.86. The number of benzene rings is 1. The molecule has 2 aromatic rings. The monoisotopic (exact) mass is 309 g/mol. The summed E-state index contributed by atoms with van der Waals surface area (Å²) >= 11 is 1.32. The topological polar surface area (TPSA) is 65.5 Å². The highest BCUT2D eigenvalue weighted by Gasteiger charge is 2.08.